The molecular formula is C14H17N3OS. The number of hydrogen-bond acceptors (Lipinski definition) is 4. The normalized spacial score (nSPS) is 10.3. The maximum Gasteiger partial charge on any atom is 0.275 e. The zero-order valence-corrected chi connectivity index (χ0v) is 11.8. The number of rotatable bonds is 4. The molecule has 100 valence electrons. The molecule has 19 heavy (non-hydrogen) atoms. The fourth-order valence-corrected chi connectivity index (χ4v) is 2.83. The highest BCUT2D eigenvalue weighted by Gasteiger charge is 2.12. The van der Waals surface area contributed by atoms with E-state index in [9.17, 15) is 4.79 Å². The van der Waals surface area contributed by atoms with Crippen LogP contribution in [-0.2, 0) is 6.54 Å². The summed E-state index contributed by atoms with van der Waals surface area (Å²) in [5.41, 5.74) is 4.46. The fraction of sp³-hybridized carbons (Fsp3) is 0.214. The van der Waals surface area contributed by atoms with E-state index >= 15 is 0 Å². The predicted octanol–water partition coefficient (Wildman–Crippen LogP) is 2.30. The van der Waals surface area contributed by atoms with Crippen molar-refractivity contribution in [2.45, 2.75) is 13.5 Å². The number of hydrogen-bond donors (Lipinski definition) is 2. The quantitative estimate of drug-likeness (QED) is 0.511. The maximum atomic E-state index is 11.5. The van der Waals surface area contributed by atoms with Crippen LogP contribution in [0.5, 0.6) is 0 Å². The Morgan fingerprint density at radius 3 is 2.68 bits per heavy atom. The number of carbonyl (C=O) groups is 1. The molecule has 0 atom stereocenters. The molecule has 2 rings (SSSR count). The number of aryl methyl sites for hydroxylation is 1. The first-order valence-corrected chi connectivity index (χ1v) is 6.80. The molecule has 1 heterocycles. The lowest BCUT2D eigenvalue weighted by atomic mass is 10.2. The van der Waals surface area contributed by atoms with Crippen molar-refractivity contribution in [2.24, 2.45) is 5.84 Å². The minimum absolute atomic E-state index is 0.235. The molecular weight excluding hydrogens is 258 g/mol. The summed E-state index contributed by atoms with van der Waals surface area (Å²) in [6.45, 7) is 2.79. The molecule has 4 nitrogen and oxygen atoms in total. The molecule has 0 saturated carbocycles. The molecule has 0 fully saturated rings. The molecule has 0 spiro atoms. The van der Waals surface area contributed by atoms with E-state index in [2.05, 4.69) is 22.5 Å². The van der Waals surface area contributed by atoms with Crippen LogP contribution in [-0.4, -0.2) is 13.0 Å². The van der Waals surface area contributed by atoms with E-state index in [-0.39, 0.29) is 5.91 Å². The Kier molecular flexibility index (Phi) is 4.19. The monoisotopic (exact) mass is 275 g/mol. The van der Waals surface area contributed by atoms with Crippen LogP contribution in [0.2, 0.25) is 0 Å². The summed E-state index contributed by atoms with van der Waals surface area (Å²) in [5.74, 6) is 4.92. The van der Waals surface area contributed by atoms with Gasteiger partial charge in [0.25, 0.3) is 5.91 Å². The van der Waals surface area contributed by atoms with Gasteiger partial charge in [0, 0.05) is 24.2 Å². The number of nitrogens with one attached hydrogen (secondary N) is 1. The SMILES string of the molecule is Cc1sc(C(=O)NN)cc1CN(C)c1ccccc1. The van der Waals surface area contributed by atoms with Crippen molar-refractivity contribution in [3.8, 4) is 0 Å². The molecule has 0 bridgehead atoms. The van der Waals surface area contributed by atoms with E-state index in [0.717, 1.165) is 22.7 Å². The number of para-hydroxylation sites is 1. The number of nitrogens with two attached hydrogens (primary N) is 1. The lowest BCUT2D eigenvalue weighted by molar-refractivity contribution is 0.0957. The molecule has 0 aliphatic rings. The van der Waals surface area contributed by atoms with Gasteiger partial charge in [0.15, 0.2) is 0 Å². The van der Waals surface area contributed by atoms with Crippen molar-refractivity contribution in [1.82, 2.24) is 5.43 Å². The minimum atomic E-state index is -0.235. The third-order valence-corrected chi connectivity index (χ3v) is 4.07. The summed E-state index contributed by atoms with van der Waals surface area (Å²) < 4.78 is 0. The summed E-state index contributed by atoms with van der Waals surface area (Å²) in [7, 11) is 2.04. The highest BCUT2D eigenvalue weighted by Crippen LogP contribution is 2.24. The molecule has 0 radical (unpaired) electrons. The molecule has 3 N–H and O–H groups in total. The zero-order chi connectivity index (χ0) is 13.8. The van der Waals surface area contributed by atoms with Crippen LogP contribution in [0.3, 0.4) is 0 Å². The predicted molar refractivity (Wildman–Crippen MR) is 79.3 cm³/mol. The molecule has 0 unspecified atom stereocenters. The van der Waals surface area contributed by atoms with Gasteiger partial charge in [-0.2, -0.15) is 0 Å². The van der Waals surface area contributed by atoms with E-state index in [1.165, 1.54) is 11.3 Å². The van der Waals surface area contributed by atoms with Crippen molar-refractivity contribution in [2.75, 3.05) is 11.9 Å². The first-order valence-electron chi connectivity index (χ1n) is 5.98. The number of benzene rings is 1. The van der Waals surface area contributed by atoms with Gasteiger partial charge in [-0.05, 0) is 30.7 Å². The molecule has 0 aliphatic heterocycles. The molecule has 2 aromatic rings. The number of nitrogen functional groups attached to an aromatic ring is 1. The van der Waals surface area contributed by atoms with E-state index in [0.29, 0.717) is 4.88 Å². The largest absolute Gasteiger partial charge is 0.370 e. The Bertz CT molecular complexity index is 565. The average Bonchev–Trinajstić information content (AvgIpc) is 2.80. The zero-order valence-electron chi connectivity index (χ0n) is 11.0. The molecule has 0 saturated heterocycles. The number of carbonyl (C=O) groups excluding carboxylic acids is 1. The Labute approximate surface area is 116 Å². The van der Waals surface area contributed by atoms with E-state index in [1.807, 2.05) is 38.2 Å². The van der Waals surface area contributed by atoms with Crippen LogP contribution in [0.4, 0.5) is 5.69 Å². The molecule has 1 amide bonds. The number of thiophene rings is 1. The number of hydrazine groups is 1. The second-order valence-corrected chi connectivity index (χ2v) is 5.61. The van der Waals surface area contributed by atoms with Crippen LogP contribution >= 0.6 is 11.3 Å². The second kappa shape index (κ2) is 5.86. The van der Waals surface area contributed by atoms with Gasteiger partial charge in [-0.1, -0.05) is 18.2 Å². The van der Waals surface area contributed by atoms with Gasteiger partial charge in [-0.25, -0.2) is 5.84 Å². The van der Waals surface area contributed by atoms with Gasteiger partial charge in [0.1, 0.15) is 0 Å². The van der Waals surface area contributed by atoms with Crippen molar-refractivity contribution in [3.63, 3.8) is 0 Å². The van der Waals surface area contributed by atoms with Gasteiger partial charge in [-0.15, -0.1) is 11.3 Å². The van der Waals surface area contributed by atoms with Crippen LogP contribution in [0.25, 0.3) is 0 Å². The highest BCUT2D eigenvalue weighted by atomic mass is 32.1. The van der Waals surface area contributed by atoms with Crippen molar-refractivity contribution in [1.29, 1.82) is 0 Å². The average molecular weight is 275 g/mol. The third kappa shape index (κ3) is 3.13. The Morgan fingerprint density at radius 2 is 2.05 bits per heavy atom. The van der Waals surface area contributed by atoms with Crippen LogP contribution in [0, 0.1) is 6.92 Å². The van der Waals surface area contributed by atoms with Gasteiger partial charge < -0.3 is 4.90 Å². The minimum Gasteiger partial charge on any atom is -0.370 e. The Hall–Kier alpha value is -1.85. The number of amides is 1. The summed E-state index contributed by atoms with van der Waals surface area (Å²) >= 11 is 1.47. The summed E-state index contributed by atoms with van der Waals surface area (Å²) in [6, 6.07) is 12.1. The van der Waals surface area contributed by atoms with Crippen molar-refractivity contribution >= 4 is 22.9 Å². The van der Waals surface area contributed by atoms with Crippen LogP contribution in [0.1, 0.15) is 20.1 Å². The van der Waals surface area contributed by atoms with Gasteiger partial charge in [0.2, 0.25) is 0 Å². The molecule has 0 aliphatic carbocycles. The van der Waals surface area contributed by atoms with E-state index in [1.54, 1.807) is 0 Å². The Morgan fingerprint density at radius 1 is 1.37 bits per heavy atom. The van der Waals surface area contributed by atoms with Crippen molar-refractivity contribution < 1.29 is 4.79 Å². The first-order chi connectivity index (χ1) is 9.11. The third-order valence-electron chi connectivity index (χ3n) is 2.98. The summed E-state index contributed by atoms with van der Waals surface area (Å²) in [6.07, 6.45) is 0. The first kappa shape index (κ1) is 13.6. The summed E-state index contributed by atoms with van der Waals surface area (Å²) in [4.78, 5) is 15.4. The van der Waals surface area contributed by atoms with Gasteiger partial charge >= 0.3 is 0 Å². The highest BCUT2D eigenvalue weighted by molar-refractivity contribution is 7.14. The van der Waals surface area contributed by atoms with E-state index in [4.69, 9.17) is 5.84 Å². The molecule has 1 aromatic heterocycles. The number of nitrogens with zero attached hydrogens (tertiary/aromatic N) is 1. The Balaban J connectivity index is 2.15. The number of anilines is 1. The molecule has 1 aromatic carbocycles. The van der Waals surface area contributed by atoms with Crippen LogP contribution < -0.4 is 16.2 Å². The lowest BCUT2D eigenvalue weighted by Crippen LogP contribution is -2.29. The lowest BCUT2D eigenvalue weighted by Gasteiger charge is -2.19. The molecule has 5 heteroatoms. The smallest absolute Gasteiger partial charge is 0.275 e. The van der Waals surface area contributed by atoms with E-state index < -0.39 is 0 Å². The van der Waals surface area contributed by atoms with Crippen molar-refractivity contribution in [3.05, 3.63) is 51.7 Å². The van der Waals surface area contributed by atoms with Crippen LogP contribution in [0.15, 0.2) is 36.4 Å². The fourth-order valence-electron chi connectivity index (χ4n) is 1.89. The standard InChI is InChI=1S/C14H17N3OS/c1-10-11(8-13(19-10)14(18)16-15)9-17(2)12-6-4-3-5-7-12/h3-8H,9,15H2,1-2H3,(H,16,18). The topological polar surface area (TPSA) is 58.4 Å². The second-order valence-electron chi connectivity index (χ2n) is 4.36. The maximum absolute atomic E-state index is 11.5. The van der Waals surface area contributed by atoms with Gasteiger partial charge in [0.05, 0.1) is 4.88 Å². The van der Waals surface area contributed by atoms with Gasteiger partial charge in [-0.3, -0.25) is 10.2 Å². The summed E-state index contributed by atoms with van der Waals surface area (Å²) in [5, 5.41) is 0.